The minimum absolute atomic E-state index is 0.0856. The highest BCUT2D eigenvalue weighted by Crippen LogP contribution is 2.27. The second-order valence-electron chi connectivity index (χ2n) is 8.67. The number of amides is 1. The Kier molecular flexibility index (Phi) is 8.97. The van der Waals surface area contributed by atoms with Gasteiger partial charge in [0, 0.05) is 16.7 Å². The van der Waals surface area contributed by atoms with Gasteiger partial charge in [0.05, 0.1) is 5.75 Å². The predicted octanol–water partition coefficient (Wildman–Crippen LogP) is 6.69. The van der Waals surface area contributed by atoms with Crippen molar-refractivity contribution in [2.24, 2.45) is 5.92 Å². The fourth-order valence-corrected chi connectivity index (χ4v) is 4.31. The van der Waals surface area contributed by atoms with Crippen molar-refractivity contribution < 1.29 is 9.53 Å². The number of hydrogen-bond donors (Lipinski definition) is 1. The van der Waals surface area contributed by atoms with E-state index in [9.17, 15) is 4.79 Å². The van der Waals surface area contributed by atoms with E-state index in [1.807, 2.05) is 43.3 Å². The normalized spacial score (nSPS) is 12.2. The van der Waals surface area contributed by atoms with Crippen molar-refractivity contribution in [1.82, 2.24) is 14.8 Å². The van der Waals surface area contributed by atoms with Gasteiger partial charge in [-0.3, -0.25) is 4.79 Å². The van der Waals surface area contributed by atoms with Crippen molar-refractivity contribution in [3.05, 3.63) is 64.4 Å². The summed E-state index contributed by atoms with van der Waals surface area (Å²) in [5.41, 5.74) is 2.04. The number of benzene rings is 2. The Morgan fingerprint density at radius 3 is 2.30 bits per heavy atom. The van der Waals surface area contributed by atoms with Gasteiger partial charge in [0.25, 0.3) is 0 Å². The van der Waals surface area contributed by atoms with Crippen LogP contribution in [0.25, 0.3) is 0 Å². The summed E-state index contributed by atoms with van der Waals surface area (Å²) in [6, 6.07) is 15.7. The molecule has 1 N–H and O–H groups in total. The highest BCUT2D eigenvalue weighted by atomic mass is 79.9. The average molecular weight is 532 g/mol. The lowest BCUT2D eigenvalue weighted by Gasteiger charge is -2.18. The molecular weight excluding hydrogens is 500 g/mol. The predicted molar refractivity (Wildman–Crippen MR) is 138 cm³/mol. The van der Waals surface area contributed by atoms with Crippen LogP contribution in [0.2, 0.25) is 0 Å². The third kappa shape index (κ3) is 7.33. The Morgan fingerprint density at radius 1 is 1.03 bits per heavy atom. The lowest BCUT2D eigenvalue weighted by molar-refractivity contribution is -0.113. The molecule has 0 saturated carbocycles. The molecule has 0 aliphatic carbocycles. The molecule has 1 atom stereocenters. The number of aromatic nitrogens is 3. The van der Waals surface area contributed by atoms with Crippen molar-refractivity contribution in [1.29, 1.82) is 0 Å². The maximum Gasteiger partial charge on any atom is 0.234 e. The number of rotatable bonds is 10. The van der Waals surface area contributed by atoms with Gasteiger partial charge in [0.1, 0.15) is 5.75 Å². The maximum absolute atomic E-state index is 12.4. The molecular formula is C25H31BrN4O2S. The first-order valence-electron chi connectivity index (χ1n) is 11.1. The number of hydrogen-bond acceptors (Lipinski definition) is 5. The third-order valence-electron chi connectivity index (χ3n) is 4.98. The van der Waals surface area contributed by atoms with Crippen molar-refractivity contribution >= 4 is 39.3 Å². The molecule has 0 aliphatic rings. The number of carbonyl (C=O) groups excluding carboxylic acids is 1. The maximum atomic E-state index is 12.4. The molecule has 3 rings (SSSR count). The summed E-state index contributed by atoms with van der Waals surface area (Å²) < 4.78 is 9.20. The molecule has 33 heavy (non-hydrogen) atoms. The molecule has 1 unspecified atom stereocenters. The molecule has 0 aliphatic heterocycles. The Labute approximate surface area is 208 Å². The zero-order valence-electron chi connectivity index (χ0n) is 19.7. The van der Waals surface area contributed by atoms with Gasteiger partial charge in [0.2, 0.25) is 5.91 Å². The third-order valence-corrected chi connectivity index (χ3v) is 6.47. The van der Waals surface area contributed by atoms with E-state index in [1.54, 1.807) is 0 Å². The first-order chi connectivity index (χ1) is 15.7. The second kappa shape index (κ2) is 11.7. The van der Waals surface area contributed by atoms with Crippen molar-refractivity contribution in [3.8, 4) is 5.75 Å². The molecule has 176 valence electrons. The fraction of sp³-hybridized carbons (Fsp3) is 0.400. The van der Waals surface area contributed by atoms with Crippen LogP contribution < -0.4 is 10.1 Å². The summed E-state index contributed by atoms with van der Waals surface area (Å²) in [6.45, 7) is 11.4. The zero-order valence-corrected chi connectivity index (χ0v) is 22.1. The standard InChI is InChI=1S/C25H31BrN4O2S/c1-16(2)14-30-24(18(5)32-22-12-6-19(7-13-22)17(3)4)28-29-25(30)33-15-23(31)27-21-10-8-20(26)9-11-21/h6-13,16-18H,14-15H2,1-5H3,(H,27,31). The zero-order chi connectivity index (χ0) is 24.0. The van der Waals surface area contributed by atoms with Gasteiger partial charge in [-0.25, -0.2) is 0 Å². The van der Waals surface area contributed by atoms with E-state index in [2.05, 4.69) is 75.8 Å². The first-order valence-corrected chi connectivity index (χ1v) is 12.9. The van der Waals surface area contributed by atoms with Crippen LogP contribution in [0.3, 0.4) is 0 Å². The molecule has 1 aromatic heterocycles. The summed E-state index contributed by atoms with van der Waals surface area (Å²) in [4.78, 5) is 12.4. The van der Waals surface area contributed by atoms with Gasteiger partial charge in [-0.2, -0.15) is 0 Å². The van der Waals surface area contributed by atoms with Gasteiger partial charge < -0.3 is 14.6 Å². The van der Waals surface area contributed by atoms with E-state index >= 15 is 0 Å². The van der Waals surface area contributed by atoms with Crippen LogP contribution in [0.1, 0.15) is 58.0 Å². The average Bonchev–Trinajstić information content (AvgIpc) is 3.16. The molecule has 1 amide bonds. The number of nitrogens with one attached hydrogen (secondary N) is 1. The highest BCUT2D eigenvalue weighted by molar-refractivity contribution is 9.10. The minimum Gasteiger partial charge on any atom is -0.483 e. The van der Waals surface area contributed by atoms with Crippen LogP contribution in [0.4, 0.5) is 5.69 Å². The number of thioether (sulfide) groups is 1. The molecule has 3 aromatic rings. The number of nitrogens with zero attached hydrogens (tertiary/aromatic N) is 3. The quantitative estimate of drug-likeness (QED) is 0.295. The molecule has 2 aromatic carbocycles. The molecule has 0 saturated heterocycles. The Bertz CT molecular complexity index is 1050. The first kappa shape index (κ1) is 25.3. The molecule has 0 fully saturated rings. The fourth-order valence-electron chi connectivity index (χ4n) is 3.29. The van der Waals surface area contributed by atoms with Gasteiger partial charge in [-0.05, 0) is 60.7 Å². The largest absolute Gasteiger partial charge is 0.483 e. The number of halogens is 1. The van der Waals surface area contributed by atoms with Crippen LogP contribution in [0, 0.1) is 5.92 Å². The summed E-state index contributed by atoms with van der Waals surface area (Å²) >= 11 is 4.78. The second-order valence-corrected chi connectivity index (χ2v) is 10.5. The van der Waals surface area contributed by atoms with Gasteiger partial charge in [-0.15, -0.1) is 10.2 Å². The summed E-state index contributed by atoms with van der Waals surface area (Å²) in [6.07, 6.45) is -0.271. The number of anilines is 1. The summed E-state index contributed by atoms with van der Waals surface area (Å²) in [5.74, 6) is 2.59. The van der Waals surface area contributed by atoms with E-state index in [0.717, 1.165) is 33.4 Å². The van der Waals surface area contributed by atoms with Crippen LogP contribution in [-0.2, 0) is 11.3 Å². The lowest BCUT2D eigenvalue weighted by atomic mass is 10.0. The van der Waals surface area contributed by atoms with Crippen LogP contribution in [0.5, 0.6) is 5.75 Å². The van der Waals surface area contributed by atoms with Crippen LogP contribution >= 0.6 is 27.7 Å². The van der Waals surface area contributed by atoms with E-state index < -0.39 is 0 Å². The van der Waals surface area contributed by atoms with Gasteiger partial charge in [0.15, 0.2) is 17.1 Å². The Balaban J connectivity index is 1.68. The topological polar surface area (TPSA) is 69.0 Å². The SMILES string of the molecule is CC(C)Cn1c(SCC(=O)Nc2ccc(Br)cc2)nnc1C(C)Oc1ccc(C(C)C)cc1. The number of ether oxygens (including phenoxy) is 1. The van der Waals surface area contributed by atoms with Crippen LogP contribution in [-0.4, -0.2) is 26.4 Å². The van der Waals surface area contributed by atoms with Gasteiger partial charge in [-0.1, -0.05) is 67.5 Å². The summed E-state index contributed by atoms with van der Waals surface area (Å²) in [7, 11) is 0. The van der Waals surface area contributed by atoms with Crippen molar-refractivity contribution in [2.45, 2.75) is 58.3 Å². The number of carbonyl (C=O) groups is 1. The van der Waals surface area contributed by atoms with E-state index in [0.29, 0.717) is 11.8 Å². The van der Waals surface area contributed by atoms with E-state index in [-0.39, 0.29) is 17.8 Å². The molecule has 8 heteroatoms. The van der Waals surface area contributed by atoms with Crippen molar-refractivity contribution in [3.63, 3.8) is 0 Å². The summed E-state index contributed by atoms with van der Waals surface area (Å²) in [5, 5.41) is 12.4. The Morgan fingerprint density at radius 2 is 1.70 bits per heavy atom. The molecule has 0 bridgehead atoms. The highest BCUT2D eigenvalue weighted by Gasteiger charge is 2.21. The van der Waals surface area contributed by atoms with Gasteiger partial charge >= 0.3 is 0 Å². The molecule has 0 radical (unpaired) electrons. The van der Waals surface area contributed by atoms with E-state index in [4.69, 9.17) is 4.74 Å². The van der Waals surface area contributed by atoms with E-state index in [1.165, 1.54) is 17.3 Å². The van der Waals surface area contributed by atoms with Crippen LogP contribution in [0.15, 0.2) is 58.2 Å². The monoisotopic (exact) mass is 530 g/mol. The smallest absolute Gasteiger partial charge is 0.234 e. The molecule has 0 spiro atoms. The lowest BCUT2D eigenvalue weighted by Crippen LogP contribution is -2.17. The molecule has 1 heterocycles. The Hall–Kier alpha value is -2.32. The minimum atomic E-state index is -0.271. The van der Waals surface area contributed by atoms with Crippen molar-refractivity contribution in [2.75, 3.05) is 11.1 Å². The molecule has 6 nitrogen and oxygen atoms in total.